The molecule has 0 saturated carbocycles. The van der Waals surface area contributed by atoms with Gasteiger partial charge in [-0.05, 0) is 0 Å². The van der Waals surface area contributed by atoms with Gasteiger partial charge in [0.1, 0.15) is 0 Å². The van der Waals surface area contributed by atoms with E-state index in [1.54, 1.807) is 10.7 Å². The minimum absolute atomic E-state index is 0.862. The van der Waals surface area contributed by atoms with Gasteiger partial charge in [-0.25, -0.2) is 0 Å². The summed E-state index contributed by atoms with van der Waals surface area (Å²) in [7, 11) is -2.90. The van der Waals surface area contributed by atoms with Crippen LogP contribution in [0.2, 0.25) is 42.5 Å². The van der Waals surface area contributed by atoms with E-state index >= 15 is 0 Å². The summed E-state index contributed by atoms with van der Waals surface area (Å²) in [5, 5.41) is 0. The molecule has 0 saturated heterocycles. The van der Waals surface area contributed by atoms with Gasteiger partial charge in [-0.2, -0.15) is 0 Å². The molecule has 0 spiro atoms. The molecule has 0 fully saturated rings. The average Bonchev–Trinajstić information content (AvgIpc) is 2.66. The molecule has 3 aromatic carbocycles. The second-order valence-electron chi connectivity index (χ2n) is 10.1. The van der Waals surface area contributed by atoms with Crippen LogP contribution in [-0.2, 0) is 0 Å². The summed E-state index contributed by atoms with van der Waals surface area (Å²) in [6, 6.07) is 34.8. The quantitative estimate of drug-likeness (QED) is 0.397. The van der Waals surface area contributed by atoms with E-state index in [1.165, 1.54) is 0 Å². The van der Waals surface area contributed by atoms with Crippen molar-refractivity contribution in [2.45, 2.75) is 42.5 Å². The predicted octanol–water partition coefficient (Wildman–Crippen LogP) is 5.28. The molecule has 0 aromatic heterocycles. The summed E-state index contributed by atoms with van der Waals surface area (Å²) in [5.74, 6) is 0. The summed E-state index contributed by atoms with van der Waals surface area (Å²) in [4.78, 5) is 0. The second-order valence-corrected chi connectivity index (χ2v) is 35.8. The van der Waals surface area contributed by atoms with Gasteiger partial charge < -0.3 is 0 Å². The zero-order valence-corrected chi connectivity index (χ0v) is 23.1. The van der Waals surface area contributed by atoms with Crippen LogP contribution in [0.25, 0.3) is 0 Å². The molecule has 0 aliphatic heterocycles. The van der Waals surface area contributed by atoms with Gasteiger partial charge in [0.25, 0.3) is 0 Å². The van der Waals surface area contributed by atoms with Gasteiger partial charge >= 0.3 is 179 Å². The Morgan fingerprint density at radius 1 is 0.464 bits per heavy atom. The van der Waals surface area contributed by atoms with Gasteiger partial charge in [-0.15, -0.1) is 0 Å². The van der Waals surface area contributed by atoms with Crippen LogP contribution in [0, 0.1) is 0 Å². The molecular weight excluding hydrogens is 475 g/mol. The molecule has 0 atom stereocenters. The van der Waals surface area contributed by atoms with Gasteiger partial charge in [0, 0.05) is 0 Å². The first-order valence-electron chi connectivity index (χ1n) is 10.3. The van der Waals surface area contributed by atoms with Crippen LogP contribution < -0.4 is 10.7 Å². The SMILES string of the molecule is C[Si](C)(C)[CH]([Si](C)(C)C)[Sn]([c]1ccccc1)([c]1ccccc1)[c]1ccccc1. The molecule has 0 amide bonds. The van der Waals surface area contributed by atoms with Gasteiger partial charge in [0.15, 0.2) is 0 Å². The van der Waals surface area contributed by atoms with Crippen molar-refractivity contribution < 1.29 is 0 Å². The predicted molar refractivity (Wildman–Crippen MR) is 134 cm³/mol. The van der Waals surface area contributed by atoms with E-state index in [0.717, 1.165) is 3.18 Å². The van der Waals surface area contributed by atoms with Crippen molar-refractivity contribution in [1.82, 2.24) is 0 Å². The minimum atomic E-state index is -3.27. The van der Waals surface area contributed by atoms with Crippen LogP contribution in [0.4, 0.5) is 0 Å². The fourth-order valence-corrected chi connectivity index (χ4v) is 59.5. The van der Waals surface area contributed by atoms with E-state index < -0.39 is 34.5 Å². The van der Waals surface area contributed by atoms with Gasteiger partial charge in [-0.1, -0.05) is 0 Å². The van der Waals surface area contributed by atoms with Gasteiger partial charge in [0.2, 0.25) is 0 Å². The molecule has 0 aliphatic carbocycles. The molecule has 0 N–H and O–H groups in total. The van der Waals surface area contributed by atoms with E-state index in [1.807, 2.05) is 0 Å². The van der Waals surface area contributed by atoms with Crippen molar-refractivity contribution in [2.24, 2.45) is 0 Å². The van der Waals surface area contributed by atoms with Crippen LogP contribution >= 0.6 is 0 Å². The number of hydrogen-bond acceptors (Lipinski definition) is 0. The fourth-order valence-electron chi connectivity index (χ4n) is 5.70. The number of hydrogen-bond donors (Lipinski definition) is 0. The van der Waals surface area contributed by atoms with Crippen LogP contribution in [0.5, 0.6) is 0 Å². The van der Waals surface area contributed by atoms with Crippen LogP contribution in [0.1, 0.15) is 0 Å². The van der Waals surface area contributed by atoms with Crippen molar-refractivity contribution in [1.29, 1.82) is 0 Å². The Morgan fingerprint density at radius 3 is 0.929 bits per heavy atom. The maximum absolute atomic E-state index is 3.27. The molecule has 3 aromatic rings. The number of rotatable bonds is 6. The molecule has 0 bridgehead atoms. The monoisotopic (exact) mass is 510 g/mol. The third kappa shape index (κ3) is 4.10. The zero-order chi connectivity index (χ0) is 20.4. The fraction of sp³-hybridized carbons (Fsp3) is 0.280. The number of benzene rings is 3. The van der Waals surface area contributed by atoms with Crippen molar-refractivity contribution in [3.63, 3.8) is 0 Å². The second kappa shape index (κ2) is 8.33. The van der Waals surface area contributed by atoms with Crippen LogP contribution in [0.3, 0.4) is 0 Å². The Morgan fingerprint density at radius 2 is 0.714 bits per heavy atom. The van der Waals surface area contributed by atoms with E-state index in [9.17, 15) is 0 Å². The standard InChI is InChI=1S/C7H19Si2.3C6H5.Sn/c1-8(2,3)7-9(4,5)6;3*1-2-4-6-5-3-1;/h7H,1-6H3;3*1-5H;. The molecule has 0 aliphatic rings. The normalized spacial score (nSPS) is 13.0. The van der Waals surface area contributed by atoms with E-state index in [0.29, 0.717) is 0 Å². The van der Waals surface area contributed by atoms with Gasteiger partial charge in [-0.3, -0.25) is 0 Å². The van der Waals surface area contributed by atoms with Crippen molar-refractivity contribution >= 4 is 45.3 Å². The summed E-state index contributed by atoms with van der Waals surface area (Å²) >= 11 is -3.27. The van der Waals surface area contributed by atoms with Crippen LogP contribution in [0.15, 0.2) is 91.0 Å². The first-order valence-corrected chi connectivity index (χ1v) is 23.4. The Bertz CT molecular complexity index is 768. The first-order chi connectivity index (χ1) is 13.2. The molecule has 0 heterocycles. The third-order valence-electron chi connectivity index (χ3n) is 5.85. The van der Waals surface area contributed by atoms with E-state index in [4.69, 9.17) is 0 Å². The summed E-state index contributed by atoms with van der Waals surface area (Å²) in [6.45, 7) is 15.7. The Hall–Kier alpha value is -1.11. The molecule has 146 valence electrons. The van der Waals surface area contributed by atoms with E-state index in [2.05, 4.69) is 130 Å². The van der Waals surface area contributed by atoms with E-state index in [-0.39, 0.29) is 0 Å². The summed E-state index contributed by atoms with van der Waals surface area (Å²) < 4.78 is 5.79. The average molecular weight is 509 g/mol. The molecule has 3 heteroatoms. The van der Waals surface area contributed by atoms with Crippen molar-refractivity contribution in [3.05, 3.63) is 91.0 Å². The summed E-state index contributed by atoms with van der Waals surface area (Å²) in [6.07, 6.45) is 0. The Labute approximate surface area is 177 Å². The molecule has 0 radical (unpaired) electrons. The molecule has 3 rings (SSSR count). The van der Waals surface area contributed by atoms with Crippen LogP contribution in [-0.4, -0.2) is 34.5 Å². The van der Waals surface area contributed by atoms with Gasteiger partial charge in [0.05, 0.1) is 0 Å². The molecule has 0 unspecified atom stereocenters. The maximum atomic E-state index is 2.62. The van der Waals surface area contributed by atoms with Crippen molar-refractivity contribution in [2.75, 3.05) is 0 Å². The topological polar surface area (TPSA) is 0 Å². The Balaban J connectivity index is 2.51. The first kappa shape index (κ1) is 21.6. The van der Waals surface area contributed by atoms with Crippen molar-refractivity contribution in [3.8, 4) is 0 Å². The summed E-state index contributed by atoms with van der Waals surface area (Å²) in [5.41, 5.74) is 0. The molecule has 28 heavy (non-hydrogen) atoms. The zero-order valence-electron chi connectivity index (χ0n) is 18.2. The third-order valence-corrected chi connectivity index (χ3v) is 48.3. The molecular formula is C25H34Si2Sn. The Kier molecular flexibility index (Phi) is 6.42. The molecule has 0 nitrogen and oxygen atoms in total.